The van der Waals surface area contributed by atoms with Gasteiger partial charge < -0.3 is 19.7 Å². The molecule has 1 aromatic carbocycles. The molecule has 1 N–H and O–H groups in total. The van der Waals surface area contributed by atoms with Gasteiger partial charge in [-0.25, -0.2) is 0 Å². The minimum atomic E-state index is 0.593. The molecule has 2 saturated heterocycles. The highest BCUT2D eigenvalue weighted by atomic mass is 16.5. The van der Waals surface area contributed by atoms with Crippen LogP contribution in [0.4, 0.5) is 0 Å². The van der Waals surface area contributed by atoms with Crippen LogP contribution in [0.2, 0.25) is 0 Å². The Morgan fingerprint density at radius 1 is 1.31 bits per heavy atom. The molecule has 5 nitrogen and oxygen atoms in total. The topological polar surface area (TPSA) is 46.1 Å². The van der Waals surface area contributed by atoms with Crippen LogP contribution in [-0.2, 0) is 9.47 Å². The Kier molecular flexibility index (Phi) is 7.77. The van der Waals surface area contributed by atoms with Gasteiger partial charge in [0.1, 0.15) is 0 Å². The van der Waals surface area contributed by atoms with Crippen LogP contribution in [0, 0.1) is 5.92 Å². The van der Waals surface area contributed by atoms with Crippen LogP contribution in [-0.4, -0.2) is 63.5 Å². The normalized spacial score (nSPS) is 23.6. The maximum absolute atomic E-state index is 5.78. The van der Waals surface area contributed by atoms with E-state index < -0.39 is 0 Å². The zero-order chi connectivity index (χ0) is 18.0. The quantitative estimate of drug-likeness (QED) is 0.440. The number of hydrogen-bond donors (Lipinski definition) is 1. The second kappa shape index (κ2) is 10.5. The Morgan fingerprint density at radius 2 is 2.19 bits per heavy atom. The van der Waals surface area contributed by atoms with Crippen LogP contribution in [0.1, 0.15) is 37.7 Å². The van der Waals surface area contributed by atoms with E-state index in [4.69, 9.17) is 14.5 Å². The van der Waals surface area contributed by atoms with E-state index in [1.165, 1.54) is 12.0 Å². The lowest BCUT2D eigenvalue weighted by Gasteiger charge is -2.21. The number of rotatable bonds is 8. The van der Waals surface area contributed by atoms with Gasteiger partial charge in [-0.05, 0) is 31.7 Å². The number of benzene rings is 1. The molecule has 0 aliphatic carbocycles. The van der Waals surface area contributed by atoms with Crippen molar-refractivity contribution in [3.8, 4) is 0 Å². The molecule has 0 aromatic heterocycles. The van der Waals surface area contributed by atoms with Crippen LogP contribution in [0.15, 0.2) is 35.3 Å². The summed E-state index contributed by atoms with van der Waals surface area (Å²) in [7, 11) is 0. The van der Waals surface area contributed by atoms with Gasteiger partial charge in [-0.15, -0.1) is 0 Å². The molecule has 144 valence electrons. The van der Waals surface area contributed by atoms with Crippen molar-refractivity contribution in [2.45, 2.75) is 32.1 Å². The predicted octanol–water partition coefficient (Wildman–Crippen LogP) is 2.88. The molecule has 0 amide bonds. The molecule has 5 heteroatoms. The molecule has 2 fully saturated rings. The van der Waals surface area contributed by atoms with Crippen molar-refractivity contribution in [1.29, 1.82) is 0 Å². The van der Waals surface area contributed by atoms with Gasteiger partial charge in [0.25, 0.3) is 0 Å². The van der Waals surface area contributed by atoms with Crippen LogP contribution in [0.5, 0.6) is 0 Å². The van der Waals surface area contributed by atoms with Gasteiger partial charge in [0.05, 0.1) is 13.2 Å². The minimum absolute atomic E-state index is 0.593. The first kappa shape index (κ1) is 19.2. The van der Waals surface area contributed by atoms with Crippen molar-refractivity contribution in [3.63, 3.8) is 0 Å². The molecule has 2 atom stereocenters. The summed E-state index contributed by atoms with van der Waals surface area (Å²) >= 11 is 0. The Morgan fingerprint density at radius 3 is 2.96 bits per heavy atom. The summed E-state index contributed by atoms with van der Waals surface area (Å²) in [5, 5.41) is 3.45. The lowest BCUT2D eigenvalue weighted by molar-refractivity contribution is 0.0893. The molecule has 2 aliphatic rings. The van der Waals surface area contributed by atoms with Gasteiger partial charge in [-0.2, -0.15) is 0 Å². The maximum Gasteiger partial charge on any atom is 0.193 e. The van der Waals surface area contributed by atoms with Crippen molar-refractivity contribution in [3.05, 3.63) is 35.9 Å². The third kappa shape index (κ3) is 5.71. The second-order valence-corrected chi connectivity index (χ2v) is 7.24. The average molecular weight is 360 g/mol. The number of nitrogens with zero attached hydrogens (tertiary/aromatic N) is 2. The van der Waals surface area contributed by atoms with Crippen LogP contribution in [0.3, 0.4) is 0 Å². The standard InChI is InChI=1S/C21H33N3O2/c1-2-22-21(23-11-6-13-25-16-18-10-14-26-17-18)24-12-9-20(15-24)19-7-4-3-5-8-19/h3-5,7-8,18,20H,2,6,9-17H2,1H3,(H,22,23). The number of nitrogens with one attached hydrogen (secondary N) is 1. The van der Waals surface area contributed by atoms with E-state index >= 15 is 0 Å². The van der Waals surface area contributed by atoms with E-state index in [1.54, 1.807) is 0 Å². The Balaban J connectivity index is 1.40. The Bertz CT molecular complexity index is 543. The van der Waals surface area contributed by atoms with Crippen LogP contribution >= 0.6 is 0 Å². The monoisotopic (exact) mass is 359 g/mol. The SMILES string of the molecule is CCNC(=NCCCOCC1CCOC1)N1CCC(c2ccccc2)C1. The number of ether oxygens (including phenoxy) is 2. The summed E-state index contributed by atoms with van der Waals surface area (Å²) in [6.07, 6.45) is 3.31. The van der Waals surface area contributed by atoms with Gasteiger partial charge in [0.15, 0.2) is 5.96 Å². The fraction of sp³-hybridized carbons (Fsp3) is 0.667. The first-order chi connectivity index (χ1) is 12.9. The van der Waals surface area contributed by atoms with Crippen molar-refractivity contribution < 1.29 is 9.47 Å². The zero-order valence-corrected chi connectivity index (χ0v) is 16.0. The van der Waals surface area contributed by atoms with E-state index in [1.807, 2.05) is 0 Å². The summed E-state index contributed by atoms with van der Waals surface area (Å²) in [5.74, 6) is 2.25. The van der Waals surface area contributed by atoms with Crippen molar-refractivity contribution >= 4 is 5.96 Å². The van der Waals surface area contributed by atoms with Gasteiger partial charge in [0.2, 0.25) is 0 Å². The third-order valence-electron chi connectivity index (χ3n) is 5.18. The van der Waals surface area contributed by atoms with Gasteiger partial charge >= 0.3 is 0 Å². The molecule has 3 rings (SSSR count). The van der Waals surface area contributed by atoms with E-state index in [2.05, 4.69) is 47.5 Å². The van der Waals surface area contributed by atoms with Gasteiger partial charge in [0, 0.05) is 51.2 Å². The van der Waals surface area contributed by atoms with E-state index in [-0.39, 0.29) is 0 Å². The highest BCUT2D eigenvalue weighted by Gasteiger charge is 2.25. The molecule has 0 bridgehead atoms. The molecule has 0 radical (unpaired) electrons. The van der Waals surface area contributed by atoms with Crippen molar-refractivity contribution in [2.24, 2.45) is 10.9 Å². The molecule has 0 saturated carbocycles. The molecule has 0 spiro atoms. The van der Waals surface area contributed by atoms with Crippen LogP contribution < -0.4 is 5.32 Å². The smallest absolute Gasteiger partial charge is 0.193 e. The highest BCUT2D eigenvalue weighted by molar-refractivity contribution is 5.80. The summed E-state index contributed by atoms with van der Waals surface area (Å²) in [6, 6.07) is 10.8. The molecular weight excluding hydrogens is 326 g/mol. The highest BCUT2D eigenvalue weighted by Crippen LogP contribution is 2.26. The first-order valence-electron chi connectivity index (χ1n) is 10.1. The Labute approximate surface area is 157 Å². The largest absolute Gasteiger partial charge is 0.381 e. The number of aliphatic imine (C=N–C) groups is 1. The third-order valence-corrected chi connectivity index (χ3v) is 5.18. The molecule has 26 heavy (non-hydrogen) atoms. The molecule has 2 aliphatic heterocycles. The molecular formula is C21H33N3O2. The molecule has 1 aromatic rings. The average Bonchev–Trinajstić information content (AvgIpc) is 3.36. The lowest BCUT2D eigenvalue weighted by atomic mass is 9.99. The molecule has 2 unspecified atom stereocenters. The van der Waals surface area contributed by atoms with E-state index in [0.717, 1.165) is 71.4 Å². The predicted molar refractivity (Wildman–Crippen MR) is 106 cm³/mol. The zero-order valence-electron chi connectivity index (χ0n) is 16.0. The summed E-state index contributed by atoms with van der Waals surface area (Å²) in [5.41, 5.74) is 1.44. The fourth-order valence-electron chi connectivity index (χ4n) is 3.69. The number of guanidine groups is 1. The first-order valence-corrected chi connectivity index (χ1v) is 10.1. The maximum atomic E-state index is 5.78. The summed E-state index contributed by atoms with van der Waals surface area (Å²) < 4.78 is 11.2. The van der Waals surface area contributed by atoms with E-state index in [9.17, 15) is 0 Å². The second-order valence-electron chi connectivity index (χ2n) is 7.24. The van der Waals surface area contributed by atoms with Crippen molar-refractivity contribution in [1.82, 2.24) is 10.2 Å². The number of hydrogen-bond acceptors (Lipinski definition) is 3. The van der Waals surface area contributed by atoms with Crippen LogP contribution in [0.25, 0.3) is 0 Å². The van der Waals surface area contributed by atoms with Gasteiger partial charge in [-0.3, -0.25) is 4.99 Å². The molecule has 2 heterocycles. The minimum Gasteiger partial charge on any atom is -0.381 e. The summed E-state index contributed by atoms with van der Waals surface area (Å²) in [6.45, 7) is 9.34. The van der Waals surface area contributed by atoms with Crippen molar-refractivity contribution in [2.75, 3.05) is 52.6 Å². The summed E-state index contributed by atoms with van der Waals surface area (Å²) in [4.78, 5) is 7.22. The van der Waals surface area contributed by atoms with E-state index in [0.29, 0.717) is 11.8 Å². The van der Waals surface area contributed by atoms with Gasteiger partial charge in [-0.1, -0.05) is 30.3 Å². The fourth-order valence-corrected chi connectivity index (χ4v) is 3.69. The number of likely N-dealkylation sites (tertiary alicyclic amines) is 1. The lowest BCUT2D eigenvalue weighted by Crippen LogP contribution is -2.40. The Hall–Kier alpha value is -1.59.